The number of hydrogen-bond acceptors (Lipinski definition) is 4. The van der Waals surface area contributed by atoms with Crippen molar-refractivity contribution >= 4 is 38.3 Å². The smallest absolute Gasteiger partial charge is 0.314 e. The summed E-state index contributed by atoms with van der Waals surface area (Å²) < 4.78 is 5.18. The largest absolute Gasteiger partial charge is 0.496 e. The quantitative estimate of drug-likeness (QED) is 0.552. The Morgan fingerprint density at radius 3 is 2.52 bits per heavy atom. The third-order valence-electron chi connectivity index (χ3n) is 3.12. The standard InChI is InChI=1S/C14H11BrN2O3S/c1-20-8-5-11(21-6-8)12(15)7-2-3-9-10(4-7)17-14(19)13(18)16-9/h2-6,12H,1H3,(H,16,18)(H,17,19). The summed E-state index contributed by atoms with van der Waals surface area (Å²) in [6, 6.07) is 7.49. The number of halogens is 1. The van der Waals surface area contributed by atoms with Crippen molar-refractivity contribution in [2.24, 2.45) is 0 Å². The number of aromatic amines is 2. The Hall–Kier alpha value is -1.86. The summed E-state index contributed by atoms with van der Waals surface area (Å²) in [7, 11) is 1.63. The van der Waals surface area contributed by atoms with Crippen LogP contribution in [0.4, 0.5) is 0 Å². The van der Waals surface area contributed by atoms with Crippen molar-refractivity contribution in [2.45, 2.75) is 4.83 Å². The minimum absolute atomic E-state index is 0.00812. The molecular formula is C14H11BrN2O3S. The molecule has 3 aromatic rings. The van der Waals surface area contributed by atoms with Gasteiger partial charge in [0.25, 0.3) is 0 Å². The number of H-pyrrole nitrogens is 2. The third-order valence-corrected chi connectivity index (χ3v) is 5.42. The molecular weight excluding hydrogens is 356 g/mol. The van der Waals surface area contributed by atoms with Gasteiger partial charge in [0.15, 0.2) is 0 Å². The van der Waals surface area contributed by atoms with Gasteiger partial charge in [0.05, 0.1) is 23.0 Å². The number of methoxy groups -OCH3 is 1. The van der Waals surface area contributed by atoms with Crippen molar-refractivity contribution in [3.63, 3.8) is 0 Å². The summed E-state index contributed by atoms with van der Waals surface area (Å²) in [6.07, 6.45) is 0. The van der Waals surface area contributed by atoms with E-state index in [0.717, 1.165) is 16.2 Å². The number of fused-ring (bicyclic) bond motifs is 1. The second kappa shape index (κ2) is 5.50. The maximum atomic E-state index is 11.4. The van der Waals surface area contributed by atoms with E-state index in [1.54, 1.807) is 24.5 Å². The number of benzene rings is 1. The minimum Gasteiger partial charge on any atom is -0.496 e. The van der Waals surface area contributed by atoms with Crippen LogP contribution in [0.2, 0.25) is 0 Å². The maximum Gasteiger partial charge on any atom is 0.314 e. The number of thiophene rings is 1. The average molecular weight is 367 g/mol. The fraction of sp³-hybridized carbons (Fsp3) is 0.143. The molecule has 2 heterocycles. The molecule has 0 aliphatic rings. The molecule has 1 aromatic carbocycles. The van der Waals surface area contributed by atoms with Gasteiger partial charge in [-0.3, -0.25) is 9.59 Å². The van der Waals surface area contributed by atoms with Crippen molar-refractivity contribution in [1.82, 2.24) is 9.97 Å². The van der Waals surface area contributed by atoms with Crippen LogP contribution >= 0.6 is 27.3 Å². The highest BCUT2D eigenvalue weighted by atomic mass is 79.9. The van der Waals surface area contributed by atoms with Crippen LogP contribution in [0.1, 0.15) is 15.3 Å². The summed E-state index contributed by atoms with van der Waals surface area (Å²) in [4.78, 5) is 28.9. The van der Waals surface area contributed by atoms with Crippen LogP contribution < -0.4 is 15.9 Å². The van der Waals surface area contributed by atoms with Crippen LogP contribution in [0.15, 0.2) is 39.2 Å². The summed E-state index contributed by atoms with van der Waals surface area (Å²) in [5.74, 6) is 0.818. The molecule has 1 unspecified atom stereocenters. The van der Waals surface area contributed by atoms with E-state index in [0.29, 0.717) is 11.0 Å². The van der Waals surface area contributed by atoms with E-state index in [2.05, 4.69) is 25.9 Å². The molecule has 3 rings (SSSR count). The minimum atomic E-state index is -0.649. The summed E-state index contributed by atoms with van der Waals surface area (Å²) in [6.45, 7) is 0. The van der Waals surface area contributed by atoms with Crippen molar-refractivity contribution in [3.05, 3.63) is 60.8 Å². The van der Waals surface area contributed by atoms with E-state index in [1.165, 1.54) is 0 Å². The highest BCUT2D eigenvalue weighted by molar-refractivity contribution is 9.09. The lowest BCUT2D eigenvalue weighted by Crippen LogP contribution is -2.28. The van der Waals surface area contributed by atoms with Crippen LogP contribution in [-0.4, -0.2) is 17.1 Å². The van der Waals surface area contributed by atoms with E-state index in [9.17, 15) is 9.59 Å². The Bertz CT molecular complexity index is 912. The van der Waals surface area contributed by atoms with E-state index in [4.69, 9.17) is 4.74 Å². The molecule has 0 fully saturated rings. The second-order valence-corrected chi connectivity index (χ2v) is 6.32. The molecule has 0 radical (unpaired) electrons. The van der Waals surface area contributed by atoms with Crippen molar-refractivity contribution in [1.29, 1.82) is 0 Å². The zero-order valence-electron chi connectivity index (χ0n) is 11.0. The number of ether oxygens (including phenoxy) is 1. The van der Waals surface area contributed by atoms with E-state index in [1.807, 2.05) is 23.6 Å². The molecule has 0 amide bonds. The van der Waals surface area contributed by atoms with Gasteiger partial charge in [-0.15, -0.1) is 11.3 Å². The van der Waals surface area contributed by atoms with Gasteiger partial charge in [0, 0.05) is 10.3 Å². The Morgan fingerprint density at radius 2 is 1.86 bits per heavy atom. The first-order valence-electron chi connectivity index (χ1n) is 6.11. The van der Waals surface area contributed by atoms with Gasteiger partial charge in [-0.05, 0) is 23.8 Å². The van der Waals surface area contributed by atoms with Crippen molar-refractivity contribution < 1.29 is 4.74 Å². The van der Waals surface area contributed by atoms with E-state index >= 15 is 0 Å². The highest BCUT2D eigenvalue weighted by Crippen LogP contribution is 2.37. The number of aromatic nitrogens is 2. The SMILES string of the molecule is COc1csc(C(Br)c2ccc3[nH]c(=O)c(=O)[nH]c3c2)c1. The van der Waals surface area contributed by atoms with Gasteiger partial charge >= 0.3 is 11.1 Å². The van der Waals surface area contributed by atoms with Gasteiger partial charge in [0.1, 0.15) is 5.75 Å². The average Bonchev–Trinajstić information content (AvgIpc) is 2.96. The number of hydrogen-bond donors (Lipinski definition) is 2. The third kappa shape index (κ3) is 2.66. The zero-order valence-corrected chi connectivity index (χ0v) is 13.4. The predicted octanol–water partition coefficient (Wildman–Crippen LogP) is 2.77. The molecule has 0 aliphatic carbocycles. The first-order valence-corrected chi connectivity index (χ1v) is 7.91. The van der Waals surface area contributed by atoms with E-state index < -0.39 is 11.1 Å². The molecule has 5 nitrogen and oxygen atoms in total. The molecule has 2 N–H and O–H groups in total. The van der Waals surface area contributed by atoms with Crippen LogP contribution in [0.3, 0.4) is 0 Å². The lowest BCUT2D eigenvalue weighted by Gasteiger charge is -2.09. The van der Waals surface area contributed by atoms with Crippen LogP contribution in [0.25, 0.3) is 11.0 Å². The molecule has 0 saturated heterocycles. The lowest BCUT2D eigenvalue weighted by atomic mass is 10.1. The molecule has 0 bridgehead atoms. The molecule has 2 aromatic heterocycles. The highest BCUT2D eigenvalue weighted by Gasteiger charge is 2.14. The monoisotopic (exact) mass is 366 g/mol. The molecule has 21 heavy (non-hydrogen) atoms. The number of alkyl halides is 1. The molecule has 108 valence electrons. The molecule has 0 spiro atoms. The molecule has 1 atom stereocenters. The van der Waals surface area contributed by atoms with Crippen LogP contribution in [0, 0.1) is 0 Å². The fourth-order valence-corrected chi connectivity index (χ4v) is 3.63. The predicted molar refractivity (Wildman–Crippen MR) is 86.8 cm³/mol. The Morgan fingerprint density at radius 1 is 1.14 bits per heavy atom. The van der Waals surface area contributed by atoms with Gasteiger partial charge in [-0.25, -0.2) is 0 Å². The summed E-state index contributed by atoms with van der Waals surface area (Å²) in [5, 5.41) is 1.93. The van der Waals surface area contributed by atoms with Gasteiger partial charge in [-0.1, -0.05) is 22.0 Å². The number of rotatable bonds is 3. The second-order valence-electron chi connectivity index (χ2n) is 4.46. The van der Waals surface area contributed by atoms with Crippen molar-refractivity contribution in [2.75, 3.05) is 7.11 Å². The topological polar surface area (TPSA) is 75.0 Å². The fourth-order valence-electron chi connectivity index (χ4n) is 2.03. The van der Waals surface area contributed by atoms with Crippen molar-refractivity contribution in [3.8, 4) is 5.75 Å². The summed E-state index contributed by atoms with van der Waals surface area (Å²) in [5.41, 5.74) is 0.892. The molecule has 0 aliphatic heterocycles. The van der Waals surface area contributed by atoms with Gasteiger partial charge in [-0.2, -0.15) is 0 Å². The Balaban J connectivity index is 2.05. The normalized spacial score (nSPS) is 12.5. The first kappa shape index (κ1) is 14.1. The maximum absolute atomic E-state index is 11.4. The number of nitrogens with one attached hydrogen (secondary N) is 2. The van der Waals surface area contributed by atoms with Gasteiger partial charge < -0.3 is 14.7 Å². The van der Waals surface area contributed by atoms with Gasteiger partial charge in [0.2, 0.25) is 0 Å². The van der Waals surface area contributed by atoms with Crippen LogP contribution in [0.5, 0.6) is 5.75 Å². The molecule has 7 heteroatoms. The zero-order chi connectivity index (χ0) is 15.0. The van der Waals surface area contributed by atoms with Crippen LogP contribution in [-0.2, 0) is 0 Å². The summed E-state index contributed by atoms with van der Waals surface area (Å²) >= 11 is 5.23. The Labute approximate surface area is 131 Å². The first-order chi connectivity index (χ1) is 10.1. The lowest BCUT2D eigenvalue weighted by molar-refractivity contribution is 0.416. The Kier molecular flexibility index (Phi) is 3.69. The molecule has 0 saturated carbocycles. The van der Waals surface area contributed by atoms with E-state index in [-0.39, 0.29) is 4.83 Å².